The van der Waals surface area contributed by atoms with E-state index in [0.717, 1.165) is 18.2 Å². The average molecular weight is 815 g/mol. The summed E-state index contributed by atoms with van der Waals surface area (Å²) in [6.07, 6.45) is -9.96. The number of benzene rings is 4. The summed E-state index contributed by atoms with van der Waals surface area (Å²) in [6, 6.07) is 17.7. The van der Waals surface area contributed by atoms with Crippen molar-refractivity contribution in [2.75, 3.05) is 39.2 Å². The molecule has 0 spiro atoms. The number of carbonyl (C=O) groups is 5. The first-order chi connectivity index (χ1) is 27.3. The van der Waals surface area contributed by atoms with Crippen molar-refractivity contribution in [2.24, 2.45) is 0 Å². The molecule has 4 aromatic rings. The van der Waals surface area contributed by atoms with E-state index in [1.54, 1.807) is 44.2 Å². The summed E-state index contributed by atoms with van der Waals surface area (Å²) in [7, 11) is 2.85. The van der Waals surface area contributed by atoms with Crippen molar-refractivity contribution in [1.29, 1.82) is 0 Å². The molecule has 0 aliphatic carbocycles. The minimum absolute atomic E-state index is 0.00141. The molecule has 0 saturated heterocycles. The van der Waals surface area contributed by atoms with Gasteiger partial charge in [0.05, 0.1) is 48.6 Å². The van der Waals surface area contributed by atoms with Gasteiger partial charge in [-0.25, -0.2) is 0 Å². The fourth-order valence-electron chi connectivity index (χ4n) is 6.05. The number of amides is 2. The molecule has 0 unspecified atom stereocenters. The molecule has 0 bridgehead atoms. The van der Waals surface area contributed by atoms with E-state index in [9.17, 15) is 50.3 Å². The second-order valence-corrected chi connectivity index (χ2v) is 13.1. The maximum absolute atomic E-state index is 13.7. The van der Waals surface area contributed by atoms with Crippen molar-refractivity contribution in [1.82, 2.24) is 4.90 Å². The Labute approximate surface area is 330 Å². The molecule has 10 nitrogen and oxygen atoms in total. The van der Waals surface area contributed by atoms with Crippen LogP contribution in [0.4, 0.5) is 32.0 Å². The molecule has 0 aromatic heterocycles. The summed E-state index contributed by atoms with van der Waals surface area (Å²) in [5.41, 5.74) is -4.29. The van der Waals surface area contributed by atoms with Crippen LogP contribution in [0.25, 0.3) is 11.1 Å². The van der Waals surface area contributed by atoms with E-state index in [-0.39, 0.29) is 72.6 Å². The third-order valence-electron chi connectivity index (χ3n) is 8.91. The molecule has 2 amide bonds. The first-order valence-corrected chi connectivity index (χ1v) is 17.9. The molecule has 0 radical (unpaired) electrons. The summed E-state index contributed by atoms with van der Waals surface area (Å²) >= 11 is 0. The highest BCUT2D eigenvalue weighted by molar-refractivity contribution is 6.12. The topological polar surface area (TPSA) is 128 Å². The van der Waals surface area contributed by atoms with Crippen LogP contribution in [0.3, 0.4) is 0 Å². The molecule has 308 valence electrons. The Kier molecular flexibility index (Phi) is 14.5. The zero-order valence-corrected chi connectivity index (χ0v) is 31.9. The Morgan fingerprint density at radius 1 is 0.655 bits per heavy atom. The number of ether oxygens (including phenoxy) is 3. The van der Waals surface area contributed by atoms with Gasteiger partial charge in [0.1, 0.15) is 0 Å². The van der Waals surface area contributed by atoms with Gasteiger partial charge in [-0.05, 0) is 91.4 Å². The molecule has 0 aliphatic rings. The number of anilines is 1. The SMILES string of the molecule is CCOC(=O)C(CCCOC(=O)Cc1ccc(NC(=O)c2ccc(C(F)(F)F)cc2-c2ccc(C(F)(F)F)cc2)c(C(=O)N(C)C)c1)(C(=O)OCC)c1ccccc1. The van der Waals surface area contributed by atoms with Crippen LogP contribution in [-0.2, 0) is 52.8 Å². The Morgan fingerprint density at radius 2 is 1.24 bits per heavy atom. The first-order valence-electron chi connectivity index (χ1n) is 17.9. The molecule has 4 rings (SSSR count). The van der Waals surface area contributed by atoms with E-state index in [0.29, 0.717) is 29.8 Å². The highest BCUT2D eigenvalue weighted by Crippen LogP contribution is 2.37. The Morgan fingerprint density at radius 3 is 1.79 bits per heavy atom. The fraction of sp³-hybridized carbons (Fsp3) is 0.310. The predicted molar refractivity (Wildman–Crippen MR) is 200 cm³/mol. The first kappa shape index (κ1) is 44.5. The summed E-state index contributed by atoms with van der Waals surface area (Å²) in [5, 5.41) is 2.51. The van der Waals surface area contributed by atoms with E-state index < -0.39 is 58.6 Å². The zero-order chi connectivity index (χ0) is 42.8. The van der Waals surface area contributed by atoms with Crippen LogP contribution in [0, 0.1) is 0 Å². The Bertz CT molecular complexity index is 2100. The average Bonchev–Trinajstić information content (AvgIpc) is 3.17. The molecule has 0 fully saturated rings. The molecule has 1 N–H and O–H groups in total. The van der Waals surface area contributed by atoms with E-state index in [4.69, 9.17) is 14.2 Å². The maximum atomic E-state index is 13.7. The number of hydrogen-bond acceptors (Lipinski definition) is 8. The summed E-state index contributed by atoms with van der Waals surface area (Å²) in [6.45, 7) is 2.99. The molecule has 58 heavy (non-hydrogen) atoms. The van der Waals surface area contributed by atoms with E-state index in [2.05, 4.69) is 5.32 Å². The lowest BCUT2D eigenvalue weighted by Gasteiger charge is -2.29. The highest BCUT2D eigenvalue weighted by Gasteiger charge is 2.50. The standard InChI is InChI=1S/C42H40F6N2O8/c1-5-56-38(54)40(39(55)57-6-2,28-11-8-7-9-12-28)21-10-22-58-35(51)24-26-13-20-34(33(23-26)37(53)50(3)4)49-36(52)31-19-18-30(42(46,47)48)25-32(31)27-14-16-29(17-15-27)41(43,44)45/h7-9,11-20,23,25H,5-6,10,21-22,24H2,1-4H3,(H,49,52). The van der Waals surface area contributed by atoms with Gasteiger partial charge in [0, 0.05) is 19.7 Å². The second kappa shape index (κ2) is 18.8. The largest absolute Gasteiger partial charge is 0.465 e. The fourth-order valence-corrected chi connectivity index (χ4v) is 6.05. The van der Waals surface area contributed by atoms with Crippen LogP contribution < -0.4 is 5.32 Å². The van der Waals surface area contributed by atoms with Crippen LogP contribution in [0.2, 0.25) is 0 Å². The minimum atomic E-state index is -4.84. The number of alkyl halides is 6. The monoisotopic (exact) mass is 814 g/mol. The molecular weight excluding hydrogens is 774 g/mol. The third-order valence-corrected chi connectivity index (χ3v) is 8.91. The molecule has 0 heterocycles. The van der Waals surface area contributed by atoms with Gasteiger partial charge in [-0.15, -0.1) is 0 Å². The van der Waals surface area contributed by atoms with Crippen molar-refractivity contribution >= 4 is 35.4 Å². The van der Waals surface area contributed by atoms with Crippen molar-refractivity contribution in [3.8, 4) is 11.1 Å². The predicted octanol–water partition coefficient (Wildman–Crippen LogP) is 8.28. The van der Waals surface area contributed by atoms with E-state index >= 15 is 0 Å². The van der Waals surface area contributed by atoms with E-state index in [1.165, 1.54) is 37.2 Å². The van der Waals surface area contributed by atoms with Crippen LogP contribution in [-0.4, -0.2) is 68.5 Å². The van der Waals surface area contributed by atoms with E-state index in [1.807, 2.05) is 0 Å². The summed E-state index contributed by atoms with van der Waals surface area (Å²) in [5.74, 6) is -3.95. The normalized spacial score (nSPS) is 11.7. The molecule has 0 aliphatic heterocycles. The number of halogens is 6. The number of hydrogen-bond donors (Lipinski definition) is 1. The van der Waals surface area contributed by atoms with Gasteiger partial charge < -0.3 is 24.4 Å². The smallest absolute Gasteiger partial charge is 0.416 e. The highest BCUT2D eigenvalue weighted by atomic mass is 19.4. The lowest BCUT2D eigenvalue weighted by Crippen LogP contribution is -2.46. The zero-order valence-electron chi connectivity index (χ0n) is 31.9. The number of esters is 3. The molecule has 4 aromatic carbocycles. The van der Waals surface area contributed by atoms with Crippen molar-refractivity contribution in [3.05, 3.63) is 124 Å². The van der Waals surface area contributed by atoms with Gasteiger partial charge >= 0.3 is 30.3 Å². The van der Waals surface area contributed by atoms with Gasteiger partial charge in [0.2, 0.25) is 0 Å². The molecular formula is C42H40F6N2O8. The third kappa shape index (κ3) is 10.6. The lowest BCUT2D eigenvalue weighted by molar-refractivity contribution is -0.165. The van der Waals surface area contributed by atoms with Gasteiger partial charge in [-0.3, -0.25) is 24.0 Å². The van der Waals surface area contributed by atoms with Gasteiger partial charge in [-0.2, -0.15) is 26.3 Å². The minimum Gasteiger partial charge on any atom is -0.465 e. The molecule has 16 heteroatoms. The number of rotatable bonds is 15. The lowest BCUT2D eigenvalue weighted by atomic mass is 9.76. The van der Waals surface area contributed by atoms with Crippen LogP contribution in [0.5, 0.6) is 0 Å². The van der Waals surface area contributed by atoms with Gasteiger partial charge in [-0.1, -0.05) is 48.5 Å². The maximum Gasteiger partial charge on any atom is 0.416 e. The number of nitrogens with one attached hydrogen (secondary N) is 1. The quantitative estimate of drug-likeness (QED) is 0.0418. The Balaban J connectivity index is 1.55. The van der Waals surface area contributed by atoms with Crippen LogP contribution in [0.15, 0.2) is 91.0 Å². The second-order valence-electron chi connectivity index (χ2n) is 13.1. The van der Waals surface area contributed by atoms with Crippen molar-refractivity contribution < 1.29 is 64.5 Å². The Hall–Kier alpha value is -6.19. The summed E-state index contributed by atoms with van der Waals surface area (Å²) in [4.78, 5) is 67.6. The van der Waals surface area contributed by atoms with Crippen LogP contribution in [0.1, 0.15) is 69.7 Å². The molecule has 0 atom stereocenters. The molecule has 0 saturated carbocycles. The number of nitrogens with zero attached hydrogens (tertiary/aromatic N) is 1. The van der Waals surface area contributed by atoms with Crippen LogP contribution >= 0.6 is 0 Å². The van der Waals surface area contributed by atoms with Crippen molar-refractivity contribution in [3.63, 3.8) is 0 Å². The summed E-state index contributed by atoms with van der Waals surface area (Å²) < 4.78 is 96.6. The van der Waals surface area contributed by atoms with Gasteiger partial charge in [0.15, 0.2) is 5.41 Å². The van der Waals surface area contributed by atoms with Crippen molar-refractivity contribution in [2.45, 2.75) is 50.9 Å². The number of carbonyl (C=O) groups excluding carboxylic acids is 5. The van der Waals surface area contributed by atoms with Gasteiger partial charge in [0.25, 0.3) is 11.8 Å².